The lowest BCUT2D eigenvalue weighted by atomic mass is 10.1. The van der Waals surface area contributed by atoms with E-state index in [0.717, 1.165) is 54.6 Å². The third-order valence-electron chi connectivity index (χ3n) is 5.46. The zero-order chi connectivity index (χ0) is 20.1. The van der Waals surface area contributed by atoms with Crippen molar-refractivity contribution in [3.63, 3.8) is 0 Å². The first-order chi connectivity index (χ1) is 14.2. The molecule has 0 atom stereocenters. The number of carbonyl (C=O) groups excluding carboxylic acids is 1. The van der Waals surface area contributed by atoms with E-state index >= 15 is 0 Å². The number of nitrogens with one attached hydrogen (secondary N) is 1. The Morgan fingerprint density at radius 2 is 1.59 bits per heavy atom. The summed E-state index contributed by atoms with van der Waals surface area (Å²) >= 11 is 0. The maximum atomic E-state index is 13.9. The van der Waals surface area contributed by atoms with Crippen LogP contribution in [0.4, 0.5) is 10.1 Å². The summed E-state index contributed by atoms with van der Waals surface area (Å²) in [4.78, 5) is 17.1. The van der Waals surface area contributed by atoms with Crippen molar-refractivity contribution < 1.29 is 9.18 Å². The summed E-state index contributed by atoms with van der Waals surface area (Å²) < 4.78 is 13.9. The number of halogens is 1. The van der Waals surface area contributed by atoms with Crippen LogP contribution < -0.4 is 5.32 Å². The van der Waals surface area contributed by atoms with Crippen molar-refractivity contribution in [1.29, 1.82) is 0 Å². The molecule has 0 aliphatic carbocycles. The molecule has 4 rings (SSSR count). The van der Waals surface area contributed by atoms with Crippen LogP contribution in [0.1, 0.15) is 12.0 Å². The molecule has 1 heterocycles. The van der Waals surface area contributed by atoms with Crippen molar-refractivity contribution in [3.05, 3.63) is 78.1 Å². The SMILES string of the molecule is O=C(CN1CCCN(Cc2ccccc2F)CC1)Nc1cccc2ccccc12. The van der Waals surface area contributed by atoms with Crippen LogP contribution in [0.5, 0.6) is 0 Å². The van der Waals surface area contributed by atoms with Gasteiger partial charge in [-0.15, -0.1) is 0 Å². The number of benzene rings is 3. The first-order valence-corrected chi connectivity index (χ1v) is 10.1. The monoisotopic (exact) mass is 391 g/mol. The van der Waals surface area contributed by atoms with Crippen LogP contribution in [-0.4, -0.2) is 48.4 Å². The number of nitrogens with zero attached hydrogens (tertiary/aromatic N) is 2. The molecule has 0 spiro atoms. The van der Waals surface area contributed by atoms with E-state index in [1.807, 2.05) is 54.6 Å². The minimum Gasteiger partial charge on any atom is -0.324 e. The Morgan fingerprint density at radius 1 is 0.862 bits per heavy atom. The highest BCUT2D eigenvalue weighted by Crippen LogP contribution is 2.23. The highest BCUT2D eigenvalue weighted by molar-refractivity contribution is 6.02. The van der Waals surface area contributed by atoms with Gasteiger partial charge >= 0.3 is 0 Å². The highest BCUT2D eigenvalue weighted by atomic mass is 19.1. The Hall–Kier alpha value is -2.76. The zero-order valence-corrected chi connectivity index (χ0v) is 16.5. The van der Waals surface area contributed by atoms with Gasteiger partial charge in [-0.05, 0) is 37.0 Å². The molecule has 0 bridgehead atoms. The van der Waals surface area contributed by atoms with Crippen LogP contribution in [-0.2, 0) is 11.3 Å². The fraction of sp³-hybridized carbons (Fsp3) is 0.292. The summed E-state index contributed by atoms with van der Waals surface area (Å²) in [6, 6.07) is 21.0. The molecule has 3 aromatic carbocycles. The number of hydrogen-bond acceptors (Lipinski definition) is 3. The third kappa shape index (κ3) is 5.00. The van der Waals surface area contributed by atoms with E-state index < -0.39 is 0 Å². The lowest BCUT2D eigenvalue weighted by Crippen LogP contribution is -2.36. The van der Waals surface area contributed by atoms with E-state index in [9.17, 15) is 9.18 Å². The lowest BCUT2D eigenvalue weighted by Gasteiger charge is -2.22. The van der Waals surface area contributed by atoms with E-state index in [2.05, 4.69) is 15.1 Å². The number of anilines is 1. The normalized spacial score (nSPS) is 15.9. The van der Waals surface area contributed by atoms with Gasteiger partial charge in [-0.3, -0.25) is 14.6 Å². The van der Waals surface area contributed by atoms with Gasteiger partial charge in [0.2, 0.25) is 5.91 Å². The van der Waals surface area contributed by atoms with Crippen LogP contribution in [0, 0.1) is 5.82 Å². The molecule has 1 aliphatic heterocycles. The van der Waals surface area contributed by atoms with Gasteiger partial charge in [0.1, 0.15) is 5.82 Å². The summed E-state index contributed by atoms with van der Waals surface area (Å²) in [5.74, 6) is -0.146. The molecule has 0 radical (unpaired) electrons. The largest absolute Gasteiger partial charge is 0.324 e. The van der Waals surface area contributed by atoms with Crippen molar-refractivity contribution in [2.45, 2.75) is 13.0 Å². The predicted octanol–water partition coefficient (Wildman–Crippen LogP) is 4.13. The van der Waals surface area contributed by atoms with Crippen LogP contribution in [0.25, 0.3) is 10.8 Å². The molecule has 150 valence electrons. The van der Waals surface area contributed by atoms with Gasteiger partial charge < -0.3 is 5.32 Å². The second-order valence-electron chi connectivity index (χ2n) is 7.57. The summed E-state index contributed by atoms with van der Waals surface area (Å²) in [5, 5.41) is 5.23. The van der Waals surface area contributed by atoms with E-state index in [4.69, 9.17) is 0 Å². The summed E-state index contributed by atoms with van der Waals surface area (Å²) in [5.41, 5.74) is 1.58. The average Bonchev–Trinajstić information content (AvgIpc) is 2.95. The number of hydrogen-bond donors (Lipinski definition) is 1. The van der Waals surface area contributed by atoms with Gasteiger partial charge in [0.25, 0.3) is 0 Å². The minimum atomic E-state index is -0.150. The molecule has 0 saturated carbocycles. The zero-order valence-electron chi connectivity index (χ0n) is 16.5. The second kappa shape index (κ2) is 9.16. The van der Waals surface area contributed by atoms with Crippen LogP contribution >= 0.6 is 0 Å². The predicted molar refractivity (Wildman–Crippen MR) is 115 cm³/mol. The van der Waals surface area contributed by atoms with Crippen LogP contribution in [0.3, 0.4) is 0 Å². The van der Waals surface area contributed by atoms with Gasteiger partial charge in [-0.1, -0.05) is 54.6 Å². The molecule has 0 unspecified atom stereocenters. The van der Waals surface area contributed by atoms with E-state index in [0.29, 0.717) is 13.1 Å². The molecular formula is C24H26FN3O. The van der Waals surface area contributed by atoms with Crippen LogP contribution in [0.2, 0.25) is 0 Å². The number of fused-ring (bicyclic) bond motifs is 1. The van der Waals surface area contributed by atoms with Crippen molar-refractivity contribution in [1.82, 2.24) is 9.80 Å². The Balaban J connectivity index is 1.33. The average molecular weight is 391 g/mol. The Morgan fingerprint density at radius 3 is 2.48 bits per heavy atom. The fourth-order valence-electron chi connectivity index (χ4n) is 3.94. The standard InChI is InChI=1S/C24H26FN3O/c25-22-11-4-2-8-20(22)17-27-13-6-14-28(16-15-27)18-24(29)26-23-12-5-9-19-7-1-3-10-21(19)23/h1-5,7-12H,6,13-18H2,(H,26,29). The number of carbonyl (C=O) groups is 1. The molecule has 1 N–H and O–H groups in total. The molecule has 0 aromatic heterocycles. The van der Waals surface area contributed by atoms with Crippen molar-refractivity contribution in [2.24, 2.45) is 0 Å². The van der Waals surface area contributed by atoms with Crippen molar-refractivity contribution in [2.75, 3.05) is 38.0 Å². The first kappa shape index (κ1) is 19.6. The molecule has 1 amide bonds. The topological polar surface area (TPSA) is 35.6 Å². The van der Waals surface area contributed by atoms with Gasteiger partial charge in [0, 0.05) is 36.3 Å². The first-order valence-electron chi connectivity index (χ1n) is 10.1. The maximum Gasteiger partial charge on any atom is 0.238 e. The maximum absolute atomic E-state index is 13.9. The molecule has 1 aliphatic rings. The minimum absolute atomic E-state index is 0.00362. The number of amides is 1. The second-order valence-corrected chi connectivity index (χ2v) is 7.57. The molecular weight excluding hydrogens is 365 g/mol. The quantitative estimate of drug-likeness (QED) is 0.711. The van der Waals surface area contributed by atoms with Crippen molar-refractivity contribution >= 4 is 22.4 Å². The van der Waals surface area contributed by atoms with Gasteiger partial charge in [-0.2, -0.15) is 0 Å². The number of rotatable bonds is 5. The van der Waals surface area contributed by atoms with Gasteiger partial charge in [0.05, 0.1) is 6.54 Å². The Labute approximate surface area is 170 Å². The van der Waals surface area contributed by atoms with Crippen molar-refractivity contribution in [3.8, 4) is 0 Å². The van der Waals surface area contributed by atoms with E-state index in [1.165, 1.54) is 6.07 Å². The molecule has 5 heteroatoms. The Kier molecular flexibility index (Phi) is 6.17. The summed E-state index contributed by atoms with van der Waals surface area (Å²) in [7, 11) is 0. The Bertz CT molecular complexity index is 985. The summed E-state index contributed by atoms with van der Waals surface area (Å²) in [6.45, 7) is 4.40. The molecule has 1 saturated heterocycles. The van der Waals surface area contributed by atoms with E-state index in [1.54, 1.807) is 6.07 Å². The van der Waals surface area contributed by atoms with Gasteiger partial charge in [-0.25, -0.2) is 4.39 Å². The van der Waals surface area contributed by atoms with Gasteiger partial charge in [0.15, 0.2) is 0 Å². The van der Waals surface area contributed by atoms with Crippen LogP contribution in [0.15, 0.2) is 66.7 Å². The molecule has 4 nitrogen and oxygen atoms in total. The summed E-state index contributed by atoms with van der Waals surface area (Å²) in [6.07, 6.45) is 0.968. The molecule has 1 fully saturated rings. The third-order valence-corrected chi connectivity index (χ3v) is 5.46. The molecule has 29 heavy (non-hydrogen) atoms. The smallest absolute Gasteiger partial charge is 0.238 e. The highest BCUT2D eigenvalue weighted by Gasteiger charge is 2.18. The van der Waals surface area contributed by atoms with E-state index in [-0.39, 0.29) is 11.7 Å². The lowest BCUT2D eigenvalue weighted by molar-refractivity contribution is -0.117. The molecule has 3 aromatic rings. The fourth-order valence-corrected chi connectivity index (χ4v) is 3.94.